The summed E-state index contributed by atoms with van der Waals surface area (Å²) >= 11 is 3.01. The van der Waals surface area contributed by atoms with Gasteiger partial charge in [0.25, 0.3) is 12.5 Å². The Bertz CT molecular complexity index is 3090. The summed E-state index contributed by atoms with van der Waals surface area (Å²) in [5, 5.41) is 50.1. The second-order valence-corrected chi connectivity index (χ2v) is 19.9. The Hall–Kier alpha value is -3.33. The Morgan fingerprint density at radius 2 is 1.27 bits per heavy atom. The third-order valence-electron chi connectivity index (χ3n) is 10.9. The largest absolute Gasteiger partial charge is 1.00 e. The Kier molecular flexibility index (Phi) is 60.2. The molecule has 3 aromatic carbocycles. The molecule has 0 saturated carbocycles. The summed E-state index contributed by atoms with van der Waals surface area (Å²) in [6.07, 6.45) is 3.26. The molecule has 1 aliphatic rings. The van der Waals surface area contributed by atoms with Crippen molar-refractivity contribution in [3.63, 3.8) is 0 Å². The molecule has 27 nitrogen and oxygen atoms in total. The zero-order valence-electron chi connectivity index (χ0n) is 48.3. The standard InChI is InChI=1S/C23H30N4O5S.C12H19NO4S.C11H13N3O.4CH4.2Na.H2O2S.2H2O2.H2OP2.HOP.H2O/c1-5-26(14-20(28)15-33(30,31)32)19-11-12-21(16(2)13-19)24-22-17(3)25(4)27(23(22)29)18-9-7-6-8-10-18;1-3-13(8-12(14)9-18(15,16)17)11-6-4-5-10(2)7-11;1-8-10(12)11(15)14(13(8)2)9-6-4-3-5-7-9;;;;;;;1-2-3;2*1-2;1-3-2;1-2;/h6-13,20-21,24,28H,5,14-15H2,1-4H3;4-7,12,14H,3,8-9H2,1-2H3,(H,15,16,17);3-7H,12H2,1-2H3;4*1H4;;;1,3H;2*1-2H;2H2;2H;1H2/q;;;;;;;2*+1;;;;;;/p-2/i;;;;;;;;;;;;;2D;/hT. The third kappa shape index (κ3) is 36.1. The average Bonchev–Trinajstić information content (AvgIpc) is 3.28. The van der Waals surface area contributed by atoms with Gasteiger partial charge in [-0.25, -0.2) is 36.0 Å². The van der Waals surface area contributed by atoms with Crippen LogP contribution in [0.5, 0.6) is 0 Å². The molecule has 85 heavy (non-hydrogen) atoms. The van der Waals surface area contributed by atoms with E-state index < -0.39 is 53.0 Å². The van der Waals surface area contributed by atoms with Gasteiger partial charge >= 0.3 is 59.1 Å². The predicted molar refractivity (Wildman–Crippen MR) is 335 cm³/mol. The van der Waals surface area contributed by atoms with E-state index in [2.05, 4.69) is 27.8 Å². The van der Waals surface area contributed by atoms with Crippen LogP contribution in [0.2, 0.25) is 0 Å². The third-order valence-corrected chi connectivity index (χ3v) is 12.5. The number of likely N-dealkylation sites (N-methyl/N-ethyl adjacent to an activating group) is 2. The van der Waals surface area contributed by atoms with Crippen LogP contribution in [0.4, 0.5) is 17.1 Å². The van der Waals surface area contributed by atoms with Crippen molar-refractivity contribution in [2.45, 2.75) is 89.5 Å². The van der Waals surface area contributed by atoms with Gasteiger partial charge in [-0.2, -0.15) is 4.33 Å². The van der Waals surface area contributed by atoms with E-state index in [-0.39, 0.29) is 133 Å². The van der Waals surface area contributed by atoms with Crippen molar-refractivity contribution >= 4 is 82.1 Å². The molecule has 0 fully saturated rings. The summed E-state index contributed by atoms with van der Waals surface area (Å²) in [6.45, 7) is 12.7. The molecule has 1 aliphatic carbocycles. The fourth-order valence-corrected chi connectivity index (χ4v) is 8.45. The number of benzene rings is 3. The SMILES string of the molecule is C.C.C.C.CCN(CC(O)CS(=O)(=O)[O-])c1cccc(C)c1.CC[N+](CC(O)CS(=O)(=O)[O-])=C1C=CC(Nc2c(C)n(C)n(-c3ccccc3)c2=O)C(C)=C1.Cc1c(N)c(=O)n(-c2ccccc2)n1C.O=PP.OO.OO.[2H]P=O.[3H]OOS.[Na+].[Na+].[OH-]. The molecule has 0 bridgehead atoms. The second kappa shape index (κ2) is 53.7. The molecule has 476 valence electrons. The summed E-state index contributed by atoms with van der Waals surface area (Å²) in [5.41, 5.74) is 13.1. The molecule has 5 aromatic rings. The predicted octanol–water partition coefficient (Wildman–Crippen LogP) is 1.23. The van der Waals surface area contributed by atoms with Crippen LogP contribution >= 0.6 is 39.1 Å². The summed E-state index contributed by atoms with van der Waals surface area (Å²) in [6, 6.07) is 26.3. The topological polar surface area (TPSA) is 428 Å². The first-order chi connectivity index (χ1) is 37.7. The Balaban J connectivity index is -0.000000138. The van der Waals surface area contributed by atoms with Crippen molar-refractivity contribution < 1.29 is 145 Å². The van der Waals surface area contributed by atoms with Crippen molar-refractivity contribution in [2.24, 2.45) is 14.1 Å². The minimum Gasteiger partial charge on any atom is -0.870 e. The van der Waals surface area contributed by atoms with E-state index in [4.69, 9.17) is 38.6 Å². The minimum absolute atomic E-state index is 0. The number of nitrogen functional groups attached to an aromatic ring is 1. The Morgan fingerprint density at radius 1 is 0.847 bits per heavy atom. The number of aliphatic hydroxyl groups is 2. The second-order valence-electron chi connectivity index (χ2n) is 16.1. The van der Waals surface area contributed by atoms with E-state index >= 15 is 0 Å². The van der Waals surface area contributed by atoms with Gasteiger partial charge in [-0.1, -0.05) is 84.3 Å². The fourth-order valence-electron chi connectivity index (χ4n) is 7.30. The van der Waals surface area contributed by atoms with Gasteiger partial charge in [0.1, 0.15) is 34.4 Å². The normalized spacial score (nSPS) is 13.0. The molecule has 11 N–H and O–H groups in total. The van der Waals surface area contributed by atoms with Crippen LogP contribution in [0.25, 0.3) is 12.8 Å². The van der Waals surface area contributed by atoms with E-state index in [0.29, 0.717) is 24.5 Å². The minimum atomic E-state index is -4.50. The fraction of sp³-hybridized carbons (Fsp3) is 0.420. The molecule has 2 aromatic heterocycles. The summed E-state index contributed by atoms with van der Waals surface area (Å²) < 4.78 is 105. The number of aliphatic hydroxyl groups excluding tert-OH is 2. The van der Waals surface area contributed by atoms with Gasteiger partial charge in [0.05, 0.1) is 66.7 Å². The molecule has 35 heteroatoms. The van der Waals surface area contributed by atoms with Crippen LogP contribution in [0, 0.1) is 20.8 Å². The van der Waals surface area contributed by atoms with Crippen molar-refractivity contribution in [2.75, 3.05) is 53.6 Å². The smallest absolute Gasteiger partial charge is 0.870 e. The molecule has 6 rings (SSSR count). The number of anilines is 3. The van der Waals surface area contributed by atoms with Gasteiger partial charge < -0.3 is 40.7 Å². The molecule has 0 amide bonds. The number of nitrogens with zero attached hydrogens (tertiary/aromatic N) is 6. The number of rotatable bonds is 16. The number of para-hydroxylation sites is 2. The maximum absolute atomic E-state index is 13.2. The van der Waals surface area contributed by atoms with E-state index in [1.807, 2.05) is 182 Å². The first-order valence-corrected chi connectivity index (χ1v) is 28.9. The van der Waals surface area contributed by atoms with Crippen LogP contribution in [-0.4, -0.2) is 154 Å². The number of allylic oxidation sites excluding steroid dienone is 2. The van der Waals surface area contributed by atoms with Crippen LogP contribution in [0.3, 0.4) is 0 Å². The summed E-state index contributed by atoms with van der Waals surface area (Å²) in [4.78, 5) is 26.8. The first kappa shape index (κ1) is 95.3. The summed E-state index contributed by atoms with van der Waals surface area (Å²) in [7, 11) is -3.74. The van der Waals surface area contributed by atoms with Gasteiger partial charge in [-0.05, 0) is 98.0 Å². The number of nitrogens with one attached hydrogen (secondary N) is 1. The first-order valence-electron chi connectivity index (χ1n) is 23.4. The molecule has 0 saturated heterocycles. The van der Waals surface area contributed by atoms with Crippen LogP contribution in [0.15, 0.2) is 118 Å². The van der Waals surface area contributed by atoms with Gasteiger partial charge in [-0.3, -0.25) is 49.1 Å². The number of aromatic nitrogens is 4. The zero-order valence-corrected chi connectivity index (χ0v) is 55.8. The van der Waals surface area contributed by atoms with Gasteiger partial charge in [0.15, 0.2) is 20.4 Å². The quantitative estimate of drug-likeness (QED) is 0.00970. The van der Waals surface area contributed by atoms with Crippen molar-refractivity contribution in [1.82, 2.24) is 18.7 Å². The molecule has 0 aliphatic heterocycles. The van der Waals surface area contributed by atoms with Crippen molar-refractivity contribution in [3.05, 3.63) is 146 Å². The molecule has 0 spiro atoms. The van der Waals surface area contributed by atoms with E-state index in [1.54, 1.807) is 14.0 Å². The van der Waals surface area contributed by atoms with Gasteiger partial charge in [0, 0.05) is 57.9 Å². The maximum Gasteiger partial charge on any atom is 1.00 e. The van der Waals surface area contributed by atoms with Gasteiger partial charge in [0.2, 0.25) is 0 Å². The van der Waals surface area contributed by atoms with E-state index in [0.717, 1.165) is 45.3 Å². The Labute approximate surface area is 559 Å². The number of nitrogens with two attached hydrogens (primary N) is 1. The zero-order chi connectivity index (χ0) is 61.9. The molecule has 0 radical (unpaired) electrons. The molecule has 4 atom stereocenters. The maximum atomic E-state index is 13.2. The molecular weight excluding hydrogens is 1250 g/mol. The van der Waals surface area contributed by atoms with Crippen LogP contribution in [-0.2, 0) is 47.8 Å². The summed E-state index contributed by atoms with van der Waals surface area (Å²) in [5.74, 6) is -1.58. The van der Waals surface area contributed by atoms with Crippen LogP contribution in [0.1, 0.15) is 67.4 Å². The molecule has 2 heterocycles. The van der Waals surface area contributed by atoms with Crippen LogP contribution < -0.4 is 86.2 Å². The number of thiol groups is 1. The van der Waals surface area contributed by atoms with Crippen molar-refractivity contribution in [1.29, 1.82) is 2.71 Å². The number of hydrogen-bond donors (Lipinski definition) is 10. The van der Waals surface area contributed by atoms with E-state index in [9.17, 15) is 45.7 Å². The van der Waals surface area contributed by atoms with E-state index in [1.165, 1.54) is 0 Å². The monoisotopic (exact) mass is 1340 g/mol. The molecule has 4 unspecified atom stereocenters. The number of aryl methyl sites for hydroxylation is 1. The average molecular weight is 1340 g/mol. The van der Waals surface area contributed by atoms with Crippen molar-refractivity contribution in [3.8, 4) is 11.4 Å². The molecular formula is C50H87N8Na2O19P3S3. The number of hydrogen-bond acceptors (Lipinski definition) is 23. The Morgan fingerprint density at radius 3 is 1.64 bits per heavy atom. The van der Waals surface area contributed by atoms with Gasteiger partial charge in [-0.15, -0.1) is 0 Å².